The Kier molecular flexibility index (Phi) is 6.20. The Morgan fingerprint density at radius 1 is 1.28 bits per heavy atom. The van der Waals surface area contributed by atoms with Gasteiger partial charge in [-0.05, 0) is 31.2 Å². The number of nitrogens with one attached hydrogen (secondary N) is 1. The molecule has 0 aliphatic carbocycles. The van der Waals surface area contributed by atoms with Crippen molar-refractivity contribution < 1.29 is 14.5 Å². The summed E-state index contributed by atoms with van der Waals surface area (Å²) >= 11 is 6.38. The lowest BCUT2D eigenvalue weighted by Gasteiger charge is -2.04. The molecule has 0 atom stereocenters. The maximum atomic E-state index is 11.9. The van der Waals surface area contributed by atoms with Gasteiger partial charge in [-0.1, -0.05) is 29.8 Å². The number of non-ortho nitro benzene ring substituents is 1. The number of hydrogen-bond acceptors (Lipinski definition) is 6. The Labute approximate surface area is 170 Å². The van der Waals surface area contributed by atoms with Crippen molar-refractivity contribution in [3.63, 3.8) is 0 Å². The molecule has 1 heterocycles. The summed E-state index contributed by atoms with van der Waals surface area (Å²) in [5.41, 5.74) is 4.31. The molecule has 29 heavy (non-hydrogen) atoms. The number of carbonyl (C=O) groups is 1. The molecule has 1 amide bonds. The fourth-order valence-corrected chi connectivity index (χ4v) is 2.73. The number of halogens is 1. The highest BCUT2D eigenvalue weighted by molar-refractivity contribution is 6.32. The van der Waals surface area contributed by atoms with Crippen molar-refractivity contribution in [3.05, 3.63) is 81.1 Å². The van der Waals surface area contributed by atoms with Crippen molar-refractivity contribution in [2.24, 2.45) is 5.10 Å². The molecule has 0 saturated heterocycles. The SMILES string of the molecule is Cc1nn(-c2ccccc2)c(Cl)c1/C=N/NC(=O)COc1ccc([N+](=O)[O-])cc1. The summed E-state index contributed by atoms with van der Waals surface area (Å²) in [6.45, 7) is 1.48. The molecule has 1 aromatic heterocycles. The molecule has 1 N–H and O–H groups in total. The van der Waals surface area contributed by atoms with Crippen LogP contribution in [0.5, 0.6) is 5.75 Å². The number of hydrazone groups is 1. The summed E-state index contributed by atoms with van der Waals surface area (Å²) in [7, 11) is 0. The topological polar surface area (TPSA) is 112 Å². The molecule has 2 aromatic carbocycles. The summed E-state index contributed by atoms with van der Waals surface area (Å²) in [5.74, 6) is -0.165. The van der Waals surface area contributed by atoms with E-state index in [-0.39, 0.29) is 12.3 Å². The number of nitro benzene ring substituents is 1. The molecule has 148 valence electrons. The maximum Gasteiger partial charge on any atom is 0.277 e. The van der Waals surface area contributed by atoms with E-state index in [1.54, 1.807) is 11.6 Å². The molecule has 0 bridgehead atoms. The van der Waals surface area contributed by atoms with Crippen LogP contribution in [0.1, 0.15) is 11.3 Å². The van der Waals surface area contributed by atoms with Crippen LogP contribution in [0.15, 0.2) is 59.7 Å². The molecular weight excluding hydrogens is 398 g/mol. The highest BCUT2D eigenvalue weighted by Crippen LogP contribution is 2.22. The summed E-state index contributed by atoms with van der Waals surface area (Å²) < 4.78 is 6.84. The van der Waals surface area contributed by atoms with E-state index in [0.29, 0.717) is 22.2 Å². The first-order valence-electron chi connectivity index (χ1n) is 8.45. The highest BCUT2D eigenvalue weighted by atomic mass is 35.5. The van der Waals surface area contributed by atoms with Gasteiger partial charge >= 0.3 is 0 Å². The van der Waals surface area contributed by atoms with Crippen LogP contribution in [-0.4, -0.2) is 33.4 Å². The molecular formula is C19H16ClN5O4. The molecule has 0 aliphatic heterocycles. The van der Waals surface area contributed by atoms with Crippen LogP contribution in [0.2, 0.25) is 5.15 Å². The van der Waals surface area contributed by atoms with Gasteiger partial charge in [0.15, 0.2) is 6.61 Å². The molecule has 0 saturated carbocycles. The second-order valence-corrected chi connectivity index (χ2v) is 6.23. The quantitative estimate of drug-likeness (QED) is 0.363. The number of nitro groups is 1. The van der Waals surface area contributed by atoms with E-state index < -0.39 is 10.8 Å². The first-order valence-corrected chi connectivity index (χ1v) is 8.83. The minimum atomic E-state index is -0.516. The molecule has 0 fully saturated rings. The van der Waals surface area contributed by atoms with Crippen LogP contribution in [0.4, 0.5) is 5.69 Å². The third-order valence-corrected chi connectivity index (χ3v) is 4.21. The highest BCUT2D eigenvalue weighted by Gasteiger charge is 2.13. The first-order chi connectivity index (χ1) is 14.0. The number of carbonyl (C=O) groups excluding carboxylic acids is 1. The van der Waals surface area contributed by atoms with Crippen LogP contribution < -0.4 is 10.2 Å². The smallest absolute Gasteiger partial charge is 0.277 e. The average molecular weight is 414 g/mol. The number of aryl methyl sites for hydroxylation is 1. The Morgan fingerprint density at radius 3 is 2.62 bits per heavy atom. The molecule has 0 unspecified atom stereocenters. The summed E-state index contributed by atoms with van der Waals surface area (Å²) in [6.07, 6.45) is 1.41. The van der Waals surface area contributed by atoms with Crippen molar-refractivity contribution in [1.29, 1.82) is 0 Å². The Morgan fingerprint density at radius 2 is 1.97 bits per heavy atom. The van der Waals surface area contributed by atoms with E-state index in [4.69, 9.17) is 16.3 Å². The standard InChI is InChI=1S/C19H16ClN5O4/c1-13-17(19(20)24(23-13)14-5-3-2-4-6-14)11-21-22-18(26)12-29-16-9-7-15(8-10-16)25(27)28/h2-11H,12H2,1H3,(H,22,26)/b21-11+. The van der Waals surface area contributed by atoms with E-state index in [2.05, 4.69) is 15.6 Å². The maximum absolute atomic E-state index is 11.9. The Bertz CT molecular complexity index is 1050. The number of ether oxygens (including phenoxy) is 1. The van der Waals surface area contributed by atoms with Gasteiger partial charge < -0.3 is 4.74 Å². The number of hydrogen-bond donors (Lipinski definition) is 1. The van der Waals surface area contributed by atoms with Gasteiger partial charge in [-0.3, -0.25) is 14.9 Å². The third-order valence-electron chi connectivity index (χ3n) is 3.85. The van der Waals surface area contributed by atoms with Crippen LogP contribution in [0, 0.1) is 17.0 Å². The molecule has 10 heteroatoms. The minimum absolute atomic E-state index is 0.0605. The average Bonchev–Trinajstić information content (AvgIpc) is 3.01. The van der Waals surface area contributed by atoms with Gasteiger partial charge in [-0.2, -0.15) is 10.2 Å². The van der Waals surface area contributed by atoms with E-state index in [9.17, 15) is 14.9 Å². The lowest BCUT2D eigenvalue weighted by atomic mass is 10.3. The predicted octanol–water partition coefficient (Wildman–Crippen LogP) is 3.27. The Balaban J connectivity index is 1.58. The van der Waals surface area contributed by atoms with Gasteiger partial charge in [0.25, 0.3) is 11.6 Å². The molecule has 3 aromatic rings. The second-order valence-electron chi connectivity index (χ2n) is 5.87. The Hall–Kier alpha value is -3.72. The van der Waals surface area contributed by atoms with Gasteiger partial charge in [0.1, 0.15) is 10.9 Å². The van der Waals surface area contributed by atoms with Crippen molar-refractivity contribution in [2.45, 2.75) is 6.92 Å². The largest absolute Gasteiger partial charge is 0.484 e. The fraction of sp³-hybridized carbons (Fsp3) is 0.105. The van der Waals surface area contributed by atoms with Crippen molar-refractivity contribution in [1.82, 2.24) is 15.2 Å². The van der Waals surface area contributed by atoms with Crippen molar-refractivity contribution >= 4 is 29.4 Å². The summed E-state index contributed by atoms with van der Waals surface area (Å²) in [4.78, 5) is 22.0. The van der Waals surface area contributed by atoms with Crippen LogP contribution in [-0.2, 0) is 4.79 Å². The van der Waals surface area contributed by atoms with Gasteiger partial charge in [-0.15, -0.1) is 0 Å². The first kappa shape index (κ1) is 20.0. The number of amides is 1. The van der Waals surface area contributed by atoms with E-state index in [1.165, 1.54) is 30.5 Å². The van der Waals surface area contributed by atoms with Gasteiger partial charge in [0, 0.05) is 12.1 Å². The van der Waals surface area contributed by atoms with E-state index in [1.807, 2.05) is 30.3 Å². The lowest BCUT2D eigenvalue weighted by Crippen LogP contribution is -2.24. The van der Waals surface area contributed by atoms with Gasteiger partial charge in [0.05, 0.1) is 28.1 Å². The predicted molar refractivity (Wildman–Crippen MR) is 108 cm³/mol. The zero-order chi connectivity index (χ0) is 20.8. The lowest BCUT2D eigenvalue weighted by molar-refractivity contribution is -0.384. The zero-order valence-electron chi connectivity index (χ0n) is 15.3. The second kappa shape index (κ2) is 8.98. The zero-order valence-corrected chi connectivity index (χ0v) is 16.0. The number of para-hydroxylation sites is 1. The fourth-order valence-electron chi connectivity index (χ4n) is 2.41. The molecule has 3 rings (SSSR count). The summed E-state index contributed by atoms with van der Waals surface area (Å²) in [5, 5.41) is 19.3. The molecule has 9 nitrogen and oxygen atoms in total. The molecule has 0 aliphatic rings. The van der Waals surface area contributed by atoms with Gasteiger partial charge in [0.2, 0.25) is 0 Å². The van der Waals surface area contributed by atoms with Crippen LogP contribution >= 0.6 is 11.6 Å². The van der Waals surface area contributed by atoms with E-state index in [0.717, 1.165) is 5.69 Å². The van der Waals surface area contributed by atoms with Gasteiger partial charge in [-0.25, -0.2) is 10.1 Å². The third kappa shape index (κ3) is 4.96. The van der Waals surface area contributed by atoms with Crippen LogP contribution in [0.3, 0.4) is 0 Å². The monoisotopic (exact) mass is 413 g/mol. The molecule has 0 radical (unpaired) electrons. The molecule has 0 spiro atoms. The number of nitrogens with zero attached hydrogens (tertiary/aromatic N) is 4. The number of rotatable bonds is 7. The van der Waals surface area contributed by atoms with E-state index >= 15 is 0 Å². The summed E-state index contributed by atoms with van der Waals surface area (Å²) in [6, 6.07) is 14.8. The normalized spacial score (nSPS) is 10.8. The number of aromatic nitrogens is 2. The van der Waals surface area contributed by atoms with Crippen LogP contribution in [0.25, 0.3) is 5.69 Å². The van der Waals surface area contributed by atoms with Crippen molar-refractivity contribution in [2.75, 3.05) is 6.61 Å². The number of benzene rings is 2. The van der Waals surface area contributed by atoms with Crippen molar-refractivity contribution in [3.8, 4) is 11.4 Å². The minimum Gasteiger partial charge on any atom is -0.484 e.